The van der Waals surface area contributed by atoms with Gasteiger partial charge in [0.1, 0.15) is 0 Å². The smallest absolute Gasteiger partial charge is 0.282 e. The molecule has 0 aliphatic carbocycles. The van der Waals surface area contributed by atoms with Crippen LogP contribution in [0.25, 0.3) is 0 Å². The van der Waals surface area contributed by atoms with E-state index in [9.17, 15) is 44.3 Å². The minimum absolute atomic E-state index is 0.0411. The normalized spacial score (nSPS) is 14.2. The minimum atomic E-state index is -6.89. The summed E-state index contributed by atoms with van der Waals surface area (Å²) in [6.45, 7) is 2.92. The minimum Gasteiger partial charge on any atom is -0.282 e. The first kappa shape index (κ1) is 19.1. The summed E-state index contributed by atoms with van der Waals surface area (Å²) in [5.41, 5.74) is 0. The molecular formula is C9H7F9OS. The molecule has 118 valence electrons. The summed E-state index contributed by atoms with van der Waals surface area (Å²) in [4.78, 5) is 10.6. The number of hydrogen-bond acceptors (Lipinski definition) is 2. The van der Waals surface area contributed by atoms with Crippen molar-refractivity contribution in [3.63, 3.8) is 0 Å². The van der Waals surface area contributed by atoms with Gasteiger partial charge in [-0.25, -0.2) is 0 Å². The predicted molar refractivity (Wildman–Crippen MR) is 53.2 cm³/mol. The van der Waals surface area contributed by atoms with Gasteiger partial charge in [0, 0.05) is 12.2 Å². The molecule has 0 aromatic rings. The molecular weight excluding hydrogens is 327 g/mol. The topological polar surface area (TPSA) is 17.1 Å². The molecule has 0 rings (SSSR count). The Kier molecular flexibility index (Phi) is 5.61. The fourth-order valence-electron chi connectivity index (χ4n) is 0.903. The lowest BCUT2D eigenvalue weighted by Crippen LogP contribution is -2.60. The number of carbonyl (C=O) groups excluding carboxylic acids is 1. The van der Waals surface area contributed by atoms with Crippen LogP contribution in [-0.2, 0) is 4.79 Å². The van der Waals surface area contributed by atoms with E-state index in [0.717, 1.165) is 0 Å². The lowest BCUT2D eigenvalue weighted by atomic mass is 10.0. The highest BCUT2D eigenvalue weighted by Gasteiger charge is 2.81. The molecule has 0 spiro atoms. The summed E-state index contributed by atoms with van der Waals surface area (Å²) in [7, 11) is 0. The lowest BCUT2D eigenvalue weighted by Gasteiger charge is -2.33. The fraction of sp³-hybridized carbons (Fsp3) is 0.667. The van der Waals surface area contributed by atoms with Gasteiger partial charge in [-0.05, 0) is 6.08 Å². The highest BCUT2D eigenvalue weighted by Crippen LogP contribution is 2.54. The van der Waals surface area contributed by atoms with Gasteiger partial charge in [0.2, 0.25) is 5.12 Å². The van der Waals surface area contributed by atoms with Crippen molar-refractivity contribution in [1.82, 2.24) is 0 Å². The van der Waals surface area contributed by atoms with E-state index in [1.165, 1.54) is 0 Å². The molecule has 1 nitrogen and oxygen atoms in total. The molecule has 0 radical (unpaired) electrons. The number of thioether (sulfide) groups is 1. The molecule has 0 saturated heterocycles. The van der Waals surface area contributed by atoms with E-state index in [1.54, 1.807) is 0 Å². The predicted octanol–water partition coefficient (Wildman–Crippen LogP) is 4.29. The molecule has 0 heterocycles. The van der Waals surface area contributed by atoms with Gasteiger partial charge >= 0.3 is 23.9 Å². The number of carbonyl (C=O) groups is 1. The Balaban J connectivity index is 5.07. The van der Waals surface area contributed by atoms with Crippen LogP contribution in [0.1, 0.15) is 6.42 Å². The third-order valence-electron chi connectivity index (χ3n) is 2.04. The van der Waals surface area contributed by atoms with Gasteiger partial charge in [0.15, 0.2) is 0 Å². The summed E-state index contributed by atoms with van der Waals surface area (Å²) in [6, 6.07) is 0. The molecule has 0 unspecified atom stereocenters. The van der Waals surface area contributed by atoms with E-state index in [2.05, 4.69) is 6.58 Å². The molecule has 0 saturated carbocycles. The Bertz CT molecular complexity index is 374. The second kappa shape index (κ2) is 5.86. The van der Waals surface area contributed by atoms with Crippen LogP contribution in [0, 0.1) is 0 Å². The van der Waals surface area contributed by atoms with Crippen molar-refractivity contribution in [2.24, 2.45) is 0 Å². The zero-order chi connectivity index (χ0) is 16.4. The molecule has 0 aliphatic rings. The monoisotopic (exact) mass is 334 g/mol. The van der Waals surface area contributed by atoms with Crippen LogP contribution < -0.4 is 0 Å². The van der Waals surface area contributed by atoms with E-state index in [1.807, 2.05) is 0 Å². The van der Waals surface area contributed by atoms with Gasteiger partial charge in [0.05, 0.1) is 0 Å². The van der Waals surface area contributed by atoms with Crippen molar-refractivity contribution < 1.29 is 44.3 Å². The van der Waals surface area contributed by atoms with Crippen molar-refractivity contribution in [2.75, 3.05) is 5.75 Å². The zero-order valence-electron chi connectivity index (χ0n) is 9.42. The maximum Gasteiger partial charge on any atom is 0.460 e. The number of hydrogen-bond donors (Lipinski definition) is 0. The first-order valence-corrected chi connectivity index (χ1v) is 5.68. The van der Waals surface area contributed by atoms with Gasteiger partial charge in [-0.3, -0.25) is 4.79 Å². The van der Waals surface area contributed by atoms with Crippen molar-refractivity contribution in [1.29, 1.82) is 0 Å². The Labute approximate surface area is 111 Å². The van der Waals surface area contributed by atoms with E-state index < -0.39 is 41.2 Å². The van der Waals surface area contributed by atoms with Crippen LogP contribution in [0.2, 0.25) is 0 Å². The molecule has 0 amide bonds. The van der Waals surface area contributed by atoms with Gasteiger partial charge < -0.3 is 0 Å². The highest BCUT2D eigenvalue weighted by atomic mass is 32.2. The quantitative estimate of drug-likeness (QED) is 0.532. The van der Waals surface area contributed by atoms with Crippen molar-refractivity contribution in [3.8, 4) is 0 Å². The van der Waals surface area contributed by atoms with Crippen LogP contribution in [0.3, 0.4) is 0 Å². The molecule has 0 bridgehead atoms. The zero-order valence-corrected chi connectivity index (χ0v) is 10.2. The molecule has 0 aliphatic heterocycles. The Morgan fingerprint density at radius 1 is 0.950 bits per heavy atom. The summed E-state index contributed by atoms with van der Waals surface area (Å²) in [6.07, 6.45) is -8.22. The Morgan fingerprint density at radius 3 is 1.75 bits per heavy atom. The number of alkyl halides is 9. The fourth-order valence-corrected chi connectivity index (χ4v) is 1.58. The van der Waals surface area contributed by atoms with Crippen LogP contribution in [-0.4, -0.2) is 34.8 Å². The SMILES string of the molecule is C=CC(=O)SCCC(F)(F)C(F)(F)C(F)(F)C(F)(F)F. The number of rotatable bonds is 6. The maximum absolute atomic E-state index is 12.9. The summed E-state index contributed by atoms with van der Waals surface area (Å²) in [5, 5.41) is -0.910. The van der Waals surface area contributed by atoms with E-state index in [-0.39, 0.29) is 11.8 Å². The van der Waals surface area contributed by atoms with Gasteiger partial charge in [-0.1, -0.05) is 18.3 Å². The average molecular weight is 334 g/mol. The summed E-state index contributed by atoms with van der Waals surface area (Å²) < 4.78 is 111. The van der Waals surface area contributed by atoms with Crippen molar-refractivity contribution in [3.05, 3.63) is 12.7 Å². The largest absolute Gasteiger partial charge is 0.460 e. The third kappa shape index (κ3) is 3.61. The number of halogens is 9. The molecule has 0 atom stereocenters. The summed E-state index contributed by atoms with van der Waals surface area (Å²) >= 11 is 0.0411. The molecule has 0 N–H and O–H groups in total. The molecule has 0 fully saturated rings. The van der Waals surface area contributed by atoms with Crippen LogP contribution in [0.15, 0.2) is 12.7 Å². The van der Waals surface area contributed by atoms with Crippen molar-refractivity contribution in [2.45, 2.75) is 30.4 Å². The highest BCUT2D eigenvalue weighted by molar-refractivity contribution is 8.14. The third-order valence-corrected chi connectivity index (χ3v) is 2.90. The molecule has 11 heteroatoms. The second-order valence-corrected chi connectivity index (χ2v) is 4.57. The molecule has 20 heavy (non-hydrogen) atoms. The maximum atomic E-state index is 12.9. The van der Waals surface area contributed by atoms with E-state index >= 15 is 0 Å². The van der Waals surface area contributed by atoms with Crippen LogP contribution in [0.5, 0.6) is 0 Å². The van der Waals surface area contributed by atoms with E-state index in [4.69, 9.17) is 0 Å². The second-order valence-electron chi connectivity index (χ2n) is 3.47. The van der Waals surface area contributed by atoms with Crippen LogP contribution >= 0.6 is 11.8 Å². The Hall–Kier alpha value is -0.870. The van der Waals surface area contributed by atoms with Gasteiger partial charge in [0.25, 0.3) is 0 Å². The average Bonchev–Trinajstić information content (AvgIpc) is 2.26. The lowest BCUT2D eigenvalue weighted by molar-refractivity contribution is -0.396. The van der Waals surface area contributed by atoms with Gasteiger partial charge in [-0.15, -0.1) is 0 Å². The van der Waals surface area contributed by atoms with Gasteiger partial charge in [-0.2, -0.15) is 39.5 Å². The standard InChI is InChI=1S/C9H7F9OS/c1-2-5(19)20-4-3-6(10,11)7(12,13)8(14,15)9(16,17)18/h2H,1,3-4H2. The summed E-state index contributed by atoms with van der Waals surface area (Å²) in [5.74, 6) is -20.2. The Morgan fingerprint density at radius 2 is 1.40 bits per heavy atom. The van der Waals surface area contributed by atoms with Crippen molar-refractivity contribution >= 4 is 16.9 Å². The first-order valence-electron chi connectivity index (χ1n) is 4.70. The first-order chi connectivity index (χ1) is 8.70. The molecule has 0 aromatic heterocycles. The molecule has 0 aromatic carbocycles. The van der Waals surface area contributed by atoms with E-state index in [0.29, 0.717) is 6.08 Å². The van der Waals surface area contributed by atoms with Crippen LogP contribution in [0.4, 0.5) is 39.5 Å².